The van der Waals surface area contributed by atoms with Gasteiger partial charge in [-0.25, -0.2) is 0 Å². The van der Waals surface area contributed by atoms with Crippen molar-refractivity contribution < 1.29 is 19.3 Å². The highest BCUT2D eigenvalue weighted by molar-refractivity contribution is 5.52. The minimum absolute atomic E-state index is 0.0853. The van der Waals surface area contributed by atoms with Gasteiger partial charge in [-0.3, -0.25) is 0 Å². The van der Waals surface area contributed by atoms with Crippen LogP contribution in [0.25, 0.3) is 0 Å². The number of nitrogens with two attached hydrogens (primary N) is 1. The first kappa shape index (κ1) is 14.1. The molecule has 0 amide bonds. The molecule has 1 aliphatic rings. The van der Waals surface area contributed by atoms with Gasteiger partial charge in [0, 0.05) is 17.7 Å². The molecule has 1 saturated heterocycles. The maximum absolute atomic E-state index is 9.41. The molecule has 2 rings (SSSR count). The van der Waals surface area contributed by atoms with Gasteiger partial charge in [0.25, 0.3) is 0 Å². The zero-order chi connectivity index (χ0) is 14.0. The molecule has 0 radical (unpaired) electrons. The van der Waals surface area contributed by atoms with Gasteiger partial charge >= 0.3 is 0 Å². The zero-order valence-electron chi connectivity index (χ0n) is 11.6. The first-order valence-corrected chi connectivity index (χ1v) is 6.26. The molecule has 1 aromatic rings. The van der Waals surface area contributed by atoms with Gasteiger partial charge in [-0.05, 0) is 18.6 Å². The summed E-state index contributed by atoms with van der Waals surface area (Å²) in [6, 6.07) is 3.41. The molecule has 1 aromatic carbocycles. The summed E-state index contributed by atoms with van der Waals surface area (Å²) in [6.45, 7) is 2.90. The third-order valence-electron chi connectivity index (χ3n) is 3.85. The van der Waals surface area contributed by atoms with Crippen LogP contribution in [0.3, 0.4) is 0 Å². The number of aliphatic hydroxyl groups excluding tert-OH is 1. The lowest BCUT2D eigenvalue weighted by Gasteiger charge is -2.46. The van der Waals surface area contributed by atoms with Crippen LogP contribution < -0.4 is 15.2 Å². The Morgan fingerprint density at radius 3 is 2.47 bits per heavy atom. The molecule has 5 heteroatoms. The van der Waals surface area contributed by atoms with Crippen LogP contribution in [0.5, 0.6) is 11.5 Å². The van der Waals surface area contributed by atoms with E-state index in [2.05, 4.69) is 0 Å². The van der Waals surface area contributed by atoms with Crippen LogP contribution in [0.2, 0.25) is 0 Å². The van der Waals surface area contributed by atoms with Gasteiger partial charge < -0.3 is 25.1 Å². The number of aryl methyl sites for hydroxylation is 1. The fourth-order valence-corrected chi connectivity index (χ4v) is 2.68. The van der Waals surface area contributed by atoms with Gasteiger partial charge in [0.05, 0.1) is 39.5 Å². The van der Waals surface area contributed by atoms with Crippen molar-refractivity contribution in [1.29, 1.82) is 0 Å². The van der Waals surface area contributed by atoms with Gasteiger partial charge in [0.15, 0.2) is 0 Å². The van der Waals surface area contributed by atoms with E-state index in [9.17, 15) is 5.11 Å². The van der Waals surface area contributed by atoms with Crippen LogP contribution in [-0.4, -0.2) is 45.2 Å². The molecule has 0 saturated carbocycles. The molecule has 5 nitrogen and oxygen atoms in total. The van der Waals surface area contributed by atoms with E-state index in [0.717, 1.165) is 22.6 Å². The van der Waals surface area contributed by atoms with E-state index in [1.54, 1.807) is 14.2 Å². The van der Waals surface area contributed by atoms with Gasteiger partial charge in [-0.1, -0.05) is 0 Å². The quantitative estimate of drug-likeness (QED) is 0.817. The number of methoxy groups -OCH3 is 2. The molecule has 1 fully saturated rings. The van der Waals surface area contributed by atoms with E-state index >= 15 is 0 Å². The summed E-state index contributed by atoms with van der Waals surface area (Å²) in [7, 11) is 3.24. The second kappa shape index (κ2) is 5.36. The smallest absolute Gasteiger partial charge is 0.126 e. The second-order valence-corrected chi connectivity index (χ2v) is 4.96. The lowest BCUT2D eigenvalue weighted by molar-refractivity contribution is -0.0809. The molecule has 1 atom stereocenters. The molecule has 0 spiro atoms. The van der Waals surface area contributed by atoms with Crippen molar-refractivity contribution in [1.82, 2.24) is 0 Å². The number of ether oxygens (including phenoxy) is 3. The van der Waals surface area contributed by atoms with Crippen molar-refractivity contribution in [2.45, 2.75) is 18.4 Å². The third-order valence-corrected chi connectivity index (χ3v) is 3.85. The maximum Gasteiger partial charge on any atom is 0.126 e. The van der Waals surface area contributed by atoms with E-state index in [-0.39, 0.29) is 18.1 Å². The Bertz CT molecular complexity index is 457. The fourth-order valence-electron chi connectivity index (χ4n) is 2.68. The van der Waals surface area contributed by atoms with Gasteiger partial charge in [0.1, 0.15) is 11.5 Å². The van der Waals surface area contributed by atoms with Crippen molar-refractivity contribution in [3.8, 4) is 11.5 Å². The summed E-state index contributed by atoms with van der Waals surface area (Å²) in [5, 5.41) is 9.41. The van der Waals surface area contributed by atoms with Gasteiger partial charge in [-0.2, -0.15) is 0 Å². The van der Waals surface area contributed by atoms with E-state index in [1.807, 2.05) is 19.1 Å². The van der Waals surface area contributed by atoms with E-state index < -0.39 is 0 Å². The normalized spacial score (nSPS) is 18.6. The fraction of sp³-hybridized carbons (Fsp3) is 0.571. The number of hydrogen-bond acceptors (Lipinski definition) is 5. The average Bonchev–Trinajstić information content (AvgIpc) is 2.38. The number of benzene rings is 1. The standard InChI is InChI=1S/C14H21NO4/c1-9-4-10(17-2)5-11(18-3)13(9)14(7-19-8-14)12(15)6-16/h4-5,12,16H,6-8,15H2,1-3H3. The summed E-state index contributed by atoms with van der Waals surface area (Å²) in [4.78, 5) is 0. The Balaban J connectivity index is 2.54. The maximum atomic E-state index is 9.41. The highest BCUT2D eigenvalue weighted by Crippen LogP contribution is 2.43. The predicted molar refractivity (Wildman–Crippen MR) is 71.8 cm³/mol. The molecule has 1 unspecified atom stereocenters. The molecule has 19 heavy (non-hydrogen) atoms. The van der Waals surface area contributed by atoms with Crippen LogP contribution in [0.4, 0.5) is 0 Å². The molecule has 1 heterocycles. The SMILES string of the molecule is COc1cc(C)c(C2(C(N)CO)COC2)c(OC)c1. The lowest BCUT2D eigenvalue weighted by Crippen LogP contribution is -2.60. The summed E-state index contributed by atoms with van der Waals surface area (Å²) < 4.78 is 16.1. The molecular formula is C14H21NO4. The highest BCUT2D eigenvalue weighted by atomic mass is 16.5. The van der Waals surface area contributed by atoms with E-state index in [0.29, 0.717) is 13.2 Å². The molecule has 106 valence electrons. The van der Waals surface area contributed by atoms with Crippen LogP contribution in [0.15, 0.2) is 12.1 Å². The molecule has 3 N–H and O–H groups in total. The number of hydrogen-bond donors (Lipinski definition) is 2. The van der Waals surface area contributed by atoms with Crippen molar-refractivity contribution in [3.05, 3.63) is 23.3 Å². The van der Waals surface area contributed by atoms with E-state index in [1.165, 1.54) is 0 Å². The Labute approximate surface area is 113 Å². The van der Waals surface area contributed by atoms with Crippen LogP contribution in [0.1, 0.15) is 11.1 Å². The molecule has 0 aromatic heterocycles. The van der Waals surface area contributed by atoms with Crippen molar-refractivity contribution >= 4 is 0 Å². The molecule has 0 aliphatic carbocycles. The van der Waals surface area contributed by atoms with Crippen molar-refractivity contribution in [2.75, 3.05) is 34.0 Å². The lowest BCUT2D eigenvalue weighted by atomic mass is 9.71. The summed E-state index contributed by atoms with van der Waals surface area (Å²) in [6.07, 6.45) is 0. The minimum atomic E-state index is -0.379. The molecule has 0 bridgehead atoms. The van der Waals surface area contributed by atoms with E-state index in [4.69, 9.17) is 19.9 Å². The Morgan fingerprint density at radius 1 is 1.37 bits per heavy atom. The van der Waals surface area contributed by atoms with Gasteiger partial charge in [-0.15, -0.1) is 0 Å². The van der Waals surface area contributed by atoms with Crippen molar-refractivity contribution in [3.63, 3.8) is 0 Å². The summed E-state index contributed by atoms with van der Waals surface area (Å²) >= 11 is 0. The third kappa shape index (κ3) is 2.18. The Morgan fingerprint density at radius 2 is 2.05 bits per heavy atom. The minimum Gasteiger partial charge on any atom is -0.497 e. The van der Waals surface area contributed by atoms with Crippen LogP contribution in [-0.2, 0) is 10.2 Å². The second-order valence-electron chi connectivity index (χ2n) is 4.96. The molecule has 1 aliphatic heterocycles. The van der Waals surface area contributed by atoms with Crippen molar-refractivity contribution in [2.24, 2.45) is 5.73 Å². The van der Waals surface area contributed by atoms with Gasteiger partial charge in [0.2, 0.25) is 0 Å². The Kier molecular flexibility index (Phi) is 3.99. The first-order chi connectivity index (χ1) is 9.08. The topological polar surface area (TPSA) is 73.9 Å². The first-order valence-electron chi connectivity index (χ1n) is 6.26. The predicted octanol–water partition coefficient (Wildman–Crippen LogP) is 0.600. The average molecular weight is 267 g/mol. The molecular weight excluding hydrogens is 246 g/mol. The monoisotopic (exact) mass is 267 g/mol. The largest absolute Gasteiger partial charge is 0.497 e. The summed E-state index contributed by atoms with van der Waals surface area (Å²) in [5.74, 6) is 1.47. The number of aliphatic hydroxyl groups is 1. The highest BCUT2D eigenvalue weighted by Gasteiger charge is 2.48. The number of rotatable bonds is 5. The van der Waals surface area contributed by atoms with Crippen LogP contribution in [0, 0.1) is 6.92 Å². The Hall–Kier alpha value is -1.30. The zero-order valence-corrected chi connectivity index (χ0v) is 11.6. The summed E-state index contributed by atoms with van der Waals surface area (Å²) in [5.41, 5.74) is 7.75. The van der Waals surface area contributed by atoms with Crippen LogP contribution >= 0.6 is 0 Å².